The van der Waals surface area contributed by atoms with Crippen LogP contribution in [0.15, 0.2) is 30.3 Å². The van der Waals surface area contributed by atoms with Crippen molar-refractivity contribution >= 4 is 24.0 Å². The van der Waals surface area contributed by atoms with Crippen molar-refractivity contribution in [1.82, 2.24) is 0 Å². The van der Waals surface area contributed by atoms with Gasteiger partial charge < -0.3 is 10.6 Å². The van der Waals surface area contributed by atoms with Gasteiger partial charge in [0.05, 0.1) is 0 Å². The van der Waals surface area contributed by atoms with E-state index in [-0.39, 0.29) is 18.3 Å². The Morgan fingerprint density at radius 2 is 1.94 bits per heavy atom. The van der Waals surface area contributed by atoms with Crippen LogP contribution in [0, 0.1) is 0 Å². The first-order chi connectivity index (χ1) is 7.29. The maximum Gasteiger partial charge on any atom is 0.227 e. The number of amides is 1. The van der Waals surface area contributed by atoms with Crippen molar-refractivity contribution < 1.29 is 4.79 Å². The standard InChI is InChI=1S/C12H18N2O.ClH/c1-2-14(12(15)9-6-10-13)11-7-4-3-5-8-11;/h3-5,7-8H,2,6,9-10,13H2,1H3;1H. The quantitative estimate of drug-likeness (QED) is 0.861. The minimum Gasteiger partial charge on any atom is -0.330 e. The Morgan fingerprint density at radius 3 is 2.44 bits per heavy atom. The molecule has 2 N–H and O–H groups in total. The molecule has 0 spiro atoms. The summed E-state index contributed by atoms with van der Waals surface area (Å²) in [6.45, 7) is 3.25. The first-order valence-electron chi connectivity index (χ1n) is 5.35. The fourth-order valence-electron chi connectivity index (χ4n) is 1.50. The van der Waals surface area contributed by atoms with Crippen LogP contribution in [-0.4, -0.2) is 19.0 Å². The third-order valence-electron chi connectivity index (χ3n) is 2.28. The molecule has 0 bridgehead atoms. The zero-order chi connectivity index (χ0) is 11.1. The lowest BCUT2D eigenvalue weighted by atomic mass is 10.2. The zero-order valence-electron chi connectivity index (χ0n) is 9.56. The van der Waals surface area contributed by atoms with Crippen molar-refractivity contribution in [3.63, 3.8) is 0 Å². The third-order valence-corrected chi connectivity index (χ3v) is 2.28. The second kappa shape index (κ2) is 8.13. The maximum absolute atomic E-state index is 11.8. The van der Waals surface area contributed by atoms with Gasteiger partial charge >= 0.3 is 0 Å². The van der Waals surface area contributed by atoms with Gasteiger partial charge in [-0.2, -0.15) is 0 Å². The van der Waals surface area contributed by atoms with Gasteiger partial charge in [0.15, 0.2) is 0 Å². The number of halogens is 1. The predicted octanol–water partition coefficient (Wildman–Crippen LogP) is 2.20. The minimum atomic E-state index is 0. The summed E-state index contributed by atoms with van der Waals surface area (Å²) in [4.78, 5) is 13.6. The van der Waals surface area contributed by atoms with Crippen LogP contribution in [0.1, 0.15) is 19.8 Å². The van der Waals surface area contributed by atoms with Crippen molar-refractivity contribution in [1.29, 1.82) is 0 Å². The van der Waals surface area contributed by atoms with E-state index in [1.165, 1.54) is 0 Å². The first kappa shape index (κ1) is 14.9. The Kier molecular flexibility index (Phi) is 7.60. The topological polar surface area (TPSA) is 46.3 Å². The number of benzene rings is 1. The average molecular weight is 243 g/mol. The molecule has 0 heterocycles. The summed E-state index contributed by atoms with van der Waals surface area (Å²) in [5.41, 5.74) is 6.35. The Balaban J connectivity index is 0.00000225. The van der Waals surface area contributed by atoms with Crippen LogP contribution in [0.5, 0.6) is 0 Å². The van der Waals surface area contributed by atoms with Crippen LogP contribution in [0.4, 0.5) is 5.69 Å². The highest BCUT2D eigenvalue weighted by Gasteiger charge is 2.12. The summed E-state index contributed by atoms with van der Waals surface area (Å²) >= 11 is 0. The van der Waals surface area contributed by atoms with Crippen LogP contribution >= 0.6 is 12.4 Å². The summed E-state index contributed by atoms with van der Waals surface area (Å²) in [6, 6.07) is 9.72. The number of carbonyl (C=O) groups is 1. The molecule has 0 saturated heterocycles. The molecule has 0 aliphatic rings. The van der Waals surface area contributed by atoms with Gasteiger partial charge in [-0.25, -0.2) is 0 Å². The normalized spacial score (nSPS) is 9.38. The number of hydrogen-bond acceptors (Lipinski definition) is 2. The van der Waals surface area contributed by atoms with Gasteiger partial charge in [0.25, 0.3) is 0 Å². The number of rotatable bonds is 5. The second-order valence-corrected chi connectivity index (χ2v) is 3.37. The number of anilines is 1. The summed E-state index contributed by atoms with van der Waals surface area (Å²) in [5.74, 6) is 0.147. The van der Waals surface area contributed by atoms with E-state index >= 15 is 0 Å². The van der Waals surface area contributed by atoms with Gasteiger partial charge in [0, 0.05) is 18.7 Å². The van der Waals surface area contributed by atoms with Crippen molar-refractivity contribution in [2.45, 2.75) is 19.8 Å². The fraction of sp³-hybridized carbons (Fsp3) is 0.417. The van der Waals surface area contributed by atoms with E-state index in [0.717, 1.165) is 12.1 Å². The average Bonchev–Trinajstić information content (AvgIpc) is 2.29. The van der Waals surface area contributed by atoms with Gasteiger partial charge in [-0.05, 0) is 32.0 Å². The molecular weight excluding hydrogens is 224 g/mol. The Labute approximate surface area is 103 Å². The SMILES string of the molecule is CCN(C(=O)CCCN)c1ccccc1.Cl. The summed E-state index contributed by atoms with van der Waals surface area (Å²) in [5, 5.41) is 0. The monoisotopic (exact) mass is 242 g/mol. The molecule has 0 radical (unpaired) electrons. The molecule has 4 heteroatoms. The molecular formula is C12H19ClN2O. The molecule has 1 aromatic rings. The molecule has 3 nitrogen and oxygen atoms in total. The van der Waals surface area contributed by atoms with Crippen molar-refractivity contribution in [3.05, 3.63) is 30.3 Å². The fourth-order valence-corrected chi connectivity index (χ4v) is 1.50. The first-order valence-corrected chi connectivity index (χ1v) is 5.35. The van der Waals surface area contributed by atoms with Crippen LogP contribution in [0.3, 0.4) is 0 Å². The smallest absolute Gasteiger partial charge is 0.227 e. The highest BCUT2D eigenvalue weighted by Crippen LogP contribution is 2.14. The molecule has 0 saturated carbocycles. The van der Waals surface area contributed by atoms with E-state index in [0.29, 0.717) is 19.5 Å². The molecule has 0 atom stereocenters. The van der Waals surface area contributed by atoms with Gasteiger partial charge in [-0.15, -0.1) is 12.4 Å². The molecule has 16 heavy (non-hydrogen) atoms. The third kappa shape index (κ3) is 4.21. The van der Waals surface area contributed by atoms with Crippen molar-refractivity contribution in [2.75, 3.05) is 18.0 Å². The van der Waals surface area contributed by atoms with Gasteiger partial charge in [0.2, 0.25) is 5.91 Å². The Bertz CT molecular complexity index is 303. The van der Waals surface area contributed by atoms with Gasteiger partial charge in [-0.3, -0.25) is 4.79 Å². The Hall–Kier alpha value is -1.06. The van der Waals surface area contributed by atoms with Crippen LogP contribution in [0.25, 0.3) is 0 Å². The van der Waals surface area contributed by atoms with Gasteiger partial charge in [-0.1, -0.05) is 18.2 Å². The summed E-state index contributed by atoms with van der Waals surface area (Å²) in [7, 11) is 0. The molecule has 1 aromatic carbocycles. The summed E-state index contributed by atoms with van der Waals surface area (Å²) in [6.07, 6.45) is 1.28. The van der Waals surface area contributed by atoms with Crippen LogP contribution < -0.4 is 10.6 Å². The number of hydrogen-bond donors (Lipinski definition) is 1. The number of para-hydroxylation sites is 1. The lowest BCUT2D eigenvalue weighted by molar-refractivity contribution is -0.118. The van der Waals surface area contributed by atoms with Crippen LogP contribution in [0.2, 0.25) is 0 Å². The predicted molar refractivity (Wildman–Crippen MR) is 70.0 cm³/mol. The molecule has 1 amide bonds. The van der Waals surface area contributed by atoms with E-state index in [1.54, 1.807) is 4.90 Å². The van der Waals surface area contributed by atoms with E-state index in [1.807, 2.05) is 37.3 Å². The number of nitrogens with two attached hydrogens (primary N) is 1. The highest BCUT2D eigenvalue weighted by molar-refractivity contribution is 5.93. The number of carbonyl (C=O) groups excluding carboxylic acids is 1. The van der Waals surface area contributed by atoms with Crippen molar-refractivity contribution in [2.24, 2.45) is 5.73 Å². The van der Waals surface area contributed by atoms with E-state index in [9.17, 15) is 4.79 Å². The minimum absolute atomic E-state index is 0. The molecule has 0 aliphatic carbocycles. The lowest BCUT2D eigenvalue weighted by Crippen LogP contribution is -2.30. The highest BCUT2D eigenvalue weighted by atomic mass is 35.5. The maximum atomic E-state index is 11.8. The Morgan fingerprint density at radius 1 is 1.31 bits per heavy atom. The number of nitrogens with zero attached hydrogens (tertiary/aromatic N) is 1. The molecule has 0 aromatic heterocycles. The van der Waals surface area contributed by atoms with E-state index < -0.39 is 0 Å². The van der Waals surface area contributed by atoms with Gasteiger partial charge in [0.1, 0.15) is 0 Å². The summed E-state index contributed by atoms with van der Waals surface area (Å²) < 4.78 is 0. The lowest BCUT2D eigenvalue weighted by Gasteiger charge is -2.20. The zero-order valence-corrected chi connectivity index (χ0v) is 10.4. The molecule has 0 aliphatic heterocycles. The van der Waals surface area contributed by atoms with E-state index in [2.05, 4.69) is 0 Å². The van der Waals surface area contributed by atoms with E-state index in [4.69, 9.17) is 5.73 Å². The molecule has 0 unspecified atom stereocenters. The molecule has 90 valence electrons. The van der Waals surface area contributed by atoms with Crippen LogP contribution in [-0.2, 0) is 4.79 Å². The van der Waals surface area contributed by atoms with Crippen molar-refractivity contribution in [3.8, 4) is 0 Å². The molecule has 1 rings (SSSR count). The second-order valence-electron chi connectivity index (χ2n) is 3.37. The largest absolute Gasteiger partial charge is 0.330 e. The molecule has 0 fully saturated rings.